The Balaban J connectivity index is 1.17. The fourth-order valence-electron chi connectivity index (χ4n) is 5.90. The number of hydrogen-bond acceptors (Lipinski definition) is 7. The fraction of sp³-hybridized carbons (Fsp3) is 0.385. The predicted octanol–water partition coefficient (Wildman–Crippen LogP) is 3.19. The van der Waals surface area contributed by atoms with Gasteiger partial charge >= 0.3 is 0 Å². The molecule has 3 aromatic rings. The van der Waals surface area contributed by atoms with E-state index in [1.807, 2.05) is 13.0 Å². The van der Waals surface area contributed by atoms with Crippen LogP contribution in [-0.4, -0.2) is 40.5 Å². The van der Waals surface area contributed by atoms with E-state index in [0.717, 1.165) is 56.0 Å². The van der Waals surface area contributed by atoms with E-state index >= 15 is 0 Å². The standard InChI is InChI=1S/C26H29N7O/c1-16-15-33(19-6-7-20(27)30-22(16)19)25(34)23-24(28)31-21(14-29-23)32-10-8-26(9-11-32)12-17-4-2-3-5-18(17)13-26/h2-7,14,16H,8-13,15H2,1H3,(H2,27,30)(H2,28,31). The van der Waals surface area contributed by atoms with Crippen molar-refractivity contribution in [2.45, 2.75) is 38.5 Å². The summed E-state index contributed by atoms with van der Waals surface area (Å²) in [5.74, 6) is 1.20. The Morgan fingerprint density at radius 2 is 1.74 bits per heavy atom. The van der Waals surface area contributed by atoms with Gasteiger partial charge in [-0.25, -0.2) is 15.0 Å². The number of nitrogens with two attached hydrogens (primary N) is 2. The van der Waals surface area contributed by atoms with Crippen LogP contribution in [0.15, 0.2) is 42.6 Å². The first-order valence-electron chi connectivity index (χ1n) is 11.9. The highest BCUT2D eigenvalue weighted by Crippen LogP contribution is 2.45. The van der Waals surface area contributed by atoms with E-state index < -0.39 is 0 Å². The van der Waals surface area contributed by atoms with Gasteiger partial charge in [0.15, 0.2) is 11.5 Å². The number of fused-ring (bicyclic) bond motifs is 2. The minimum Gasteiger partial charge on any atom is -0.384 e. The summed E-state index contributed by atoms with van der Waals surface area (Å²) in [6, 6.07) is 12.4. The maximum atomic E-state index is 13.3. The molecule has 4 heterocycles. The molecular weight excluding hydrogens is 426 g/mol. The maximum Gasteiger partial charge on any atom is 0.280 e. The number of pyridine rings is 1. The molecule has 174 valence electrons. The molecule has 8 heteroatoms. The second kappa shape index (κ2) is 7.68. The van der Waals surface area contributed by atoms with Crippen LogP contribution in [0.4, 0.5) is 23.1 Å². The highest BCUT2D eigenvalue weighted by atomic mass is 16.2. The van der Waals surface area contributed by atoms with Crippen molar-refractivity contribution in [2.75, 3.05) is 40.9 Å². The van der Waals surface area contributed by atoms with Crippen LogP contribution < -0.4 is 21.3 Å². The van der Waals surface area contributed by atoms with Gasteiger partial charge in [-0.3, -0.25) is 4.79 Å². The number of anilines is 4. The first-order chi connectivity index (χ1) is 16.4. The average Bonchev–Trinajstić information content (AvgIpc) is 3.36. The van der Waals surface area contributed by atoms with Crippen LogP contribution in [0.25, 0.3) is 0 Å². The predicted molar refractivity (Wildman–Crippen MR) is 133 cm³/mol. The van der Waals surface area contributed by atoms with Crippen molar-refractivity contribution in [3.63, 3.8) is 0 Å². The van der Waals surface area contributed by atoms with Crippen molar-refractivity contribution in [2.24, 2.45) is 5.41 Å². The summed E-state index contributed by atoms with van der Waals surface area (Å²) in [6.07, 6.45) is 6.24. The first-order valence-corrected chi connectivity index (χ1v) is 11.9. The van der Waals surface area contributed by atoms with Crippen molar-refractivity contribution in [1.29, 1.82) is 0 Å². The molecule has 3 aliphatic rings. The Morgan fingerprint density at radius 3 is 2.41 bits per heavy atom. The van der Waals surface area contributed by atoms with Gasteiger partial charge in [0.05, 0.1) is 17.6 Å². The molecule has 1 spiro atoms. The minimum absolute atomic E-state index is 0.0957. The smallest absolute Gasteiger partial charge is 0.280 e. The second-order valence-corrected chi connectivity index (χ2v) is 10.0. The molecule has 6 rings (SSSR count). The lowest BCUT2D eigenvalue weighted by Gasteiger charge is -2.40. The number of nitrogens with zero attached hydrogens (tertiary/aromatic N) is 5. The van der Waals surface area contributed by atoms with Crippen LogP contribution in [0.5, 0.6) is 0 Å². The van der Waals surface area contributed by atoms with E-state index in [2.05, 4.69) is 44.1 Å². The average molecular weight is 456 g/mol. The Bertz CT molecular complexity index is 1250. The highest BCUT2D eigenvalue weighted by Gasteiger charge is 2.40. The second-order valence-electron chi connectivity index (χ2n) is 10.0. The molecule has 0 radical (unpaired) electrons. The third kappa shape index (κ3) is 3.36. The van der Waals surface area contributed by atoms with Gasteiger partial charge in [-0.05, 0) is 54.4 Å². The van der Waals surface area contributed by atoms with Gasteiger partial charge in [0.2, 0.25) is 0 Å². The highest BCUT2D eigenvalue weighted by molar-refractivity contribution is 6.08. The molecular formula is C26H29N7O. The van der Waals surface area contributed by atoms with Gasteiger partial charge in [0, 0.05) is 25.6 Å². The Morgan fingerprint density at radius 1 is 1.03 bits per heavy atom. The number of piperidine rings is 1. The monoisotopic (exact) mass is 455 g/mol. The van der Waals surface area contributed by atoms with Crippen molar-refractivity contribution in [3.8, 4) is 0 Å². The van der Waals surface area contributed by atoms with Gasteiger partial charge in [0.1, 0.15) is 11.6 Å². The molecule has 8 nitrogen and oxygen atoms in total. The van der Waals surface area contributed by atoms with Crippen LogP contribution >= 0.6 is 0 Å². The fourth-order valence-corrected chi connectivity index (χ4v) is 5.90. The zero-order valence-corrected chi connectivity index (χ0v) is 19.4. The van der Waals surface area contributed by atoms with Crippen LogP contribution in [0.1, 0.15) is 53.0 Å². The van der Waals surface area contributed by atoms with Crippen LogP contribution in [-0.2, 0) is 12.8 Å². The number of aromatic nitrogens is 3. The summed E-state index contributed by atoms with van der Waals surface area (Å²) < 4.78 is 0. The van der Waals surface area contributed by atoms with Gasteiger partial charge in [-0.2, -0.15) is 0 Å². The molecule has 34 heavy (non-hydrogen) atoms. The molecule has 1 amide bonds. The summed E-state index contributed by atoms with van der Waals surface area (Å²) in [5.41, 5.74) is 17.2. The Kier molecular flexibility index (Phi) is 4.72. The third-order valence-corrected chi connectivity index (χ3v) is 7.77. The Hall–Kier alpha value is -3.68. The van der Waals surface area contributed by atoms with E-state index in [1.54, 1.807) is 17.2 Å². The molecule has 1 aromatic carbocycles. The molecule has 1 atom stereocenters. The summed E-state index contributed by atoms with van der Waals surface area (Å²) in [7, 11) is 0. The summed E-state index contributed by atoms with van der Waals surface area (Å²) in [5, 5.41) is 0. The van der Waals surface area contributed by atoms with Crippen LogP contribution in [0.2, 0.25) is 0 Å². The lowest BCUT2D eigenvalue weighted by atomic mass is 9.76. The van der Waals surface area contributed by atoms with E-state index in [1.165, 1.54) is 11.1 Å². The minimum atomic E-state index is -0.255. The SMILES string of the molecule is CC1CN(C(=O)c2ncc(N3CCC4(CC3)Cc3ccccc3C4)nc2N)c2ccc(N)nc21. The number of rotatable bonds is 2. The quantitative estimate of drug-likeness (QED) is 0.610. The molecule has 1 unspecified atom stereocenters. The molecule has 1 aliphatic carbocycles. The van der Waals surface area contributed by atoms with Gasteiger partial charge < -0.3 is 21.3 Å². The zero-order valence-electron chi connectivity index (χ0n) is 19.4. The maximum absolute atomic E-state index is 13.3. The van der Waals surface area contributed by atoms with Crippen molar-refractivity contribution in [1.82, 2.24) is 15.0 Å². The van der Waals surface area contributed by atoms with Gasteiger partial charge in [-0.15, -0.1) is 0 Å². The van der Waals surface area contributed by atoms with Crippen molar-refractivity contribution in [3.05, 3.63) is 65.1 Å². The number of nitrogen functional groups attached to an aromatic ring is 2. The molecule has 0 saturated carbocycles. The van der Waals surface area contributed by atoms with E-state index in [0.29, 0.717) is 17.8 Å². The van der Waals surface area contributed by atoms with Crippen LogP contribution in [0.3, 0.4) is 0 Å². The topological polar surface area (TPSA) is 114 Å². The molecule has 4 N–H and O–H groups in total. The third-order valence-electron chi connectivity index (χ3n) is 7.77. The summed E-state index contributed by atoms with van der Waals surface area (Å²) in [6.45, 7) is 4.38. The van der Waals surface area contributed by atoms with Gasteiger partial charge in [0.25, 0.3) is 5.91 Å². The van der Waals surface area contributed by atoms with Crippen molar-refractivity contribution < 1.29 is 4.79 Å². The molecule has 1 fully saturated rings. The number of amides is 1. The number of carbonyl (C=O) groups excluding carboxylic acids is 1. The first kappa shape index (κ1) is 20.9. The normalized spacial score (nSPS) is 20.4. The lowest BCUT2D eigenvalue weighted by molar-refractivity contribution is 0.0984. The number of hydrogen-bond donors (Lipinski definition) is 2. The van der Waals surface area contributed by atoms with E-state index in [-0.39, 0.29) is 23.3 Å². The zero-order chi connectivity index (χ0) is 23.4. The van der Waals surface area contributed by atoms with E-state index in [9.17, 15) is 4.79 Å². The summed E-state index contributed by atoms with van der Waals surface area (Å²) in [4.78, 5) is 30.7. The largest absolute Gasteiger partial charge is 0.384 e. The van der Waals surface area contributed by atoms with Gasteiger partial charge in [-0.1, -0.05) is 31.2 Å². The number of benzene rings is 1. The van der Waals surface area contributed by atoms with E-state index in [4.69, 9.17) is 11.5 Å². The lowest BCUT2D eigenvalue weighted by Crippen LogP contribution is -2.41. The molecule has 1 saturated heterocycles. The molecule has 2 aromatic heterocycles. The summed E-state index contributed by atoms with van der Waals surface area (Å²) >= 11 is 0. The van der Waals surface area contributed by atoms with Crippen molar-refractivity contribution >= 4 is 29.0 Å². The Labute approximate surface area is 199 Å². The molecule has 2 aliphatic heterocycles. The number of carbonyl (C=O) groups is 1. The van der Waals surface area contributed by atoms with Crippen LogP contribution in [0, 0.1) is 5.41 Å². The molecule has 0 bridgehead atoms.